The second-order valence-corrected chi connectivity index (χ2v) is 10.1. The molecule has 3 amide bonds. The summed E-state index contributed by atoms with van der Waals surface area (Å²) < 4.78 is 5.32. The van der Waals surface area contributed by atoms with E-state index in [1.54, 1.807) is 26.8 Å². The number of hydrogen-bond acceptors (Lipinski definition) is 5. The average molecular weight is 492 g/mol. The van der Waals surface area contributed by atoms with Gasteiger partial charge in [0.15, 0.2) is 0 Å². The summed E-state index contributed by atoms with van der Waals surface area (Å²) in [6.45, 7) is 16.7. The number of rotatable bonds is 11. The predicted octanol–water partition coefficient (Wildman–Crippen LogP) is 4.74. The second kappa shape index (κ2) is 13.4. The van der Waals surface area contributed by atoms with E-state index in [0.29, 0.717) is 5.56 Å². The third-order valence-corrected chi connectivity index (χ3v) is 5.45. The lowest BCUT2D eigenvalue weighted by Gasteiger charge is -2.37. The molecule has 0 saturated carbocycles. The molecule has 34 heavy (non-hydrogen) atoms. The Hall–Kier alpha value is -2.48. The van der Waals surface area contributed by atoms with E-state index in [-0.39, 0.29) is 23.7 Å². The van der Waals surface area contributed by atoms with Crippen LogP contribution in [0.25, 0.3) is 6.08 Å². The first-order chi connectivity index (χ1) is 15.8. The molecular formula is C26H41N3O4S. The van der Waals surface area contributed by atoms with Crippen LogP contribution in [0.3, 0.4) is 0 Å². The van der Waals surface area contributed by atoms with Gasteiger partial charge in [-0.3, -0.25) is 9.59 Å². The van der Waals surface area contributed by atoms with Gasteiger partial charge in [0.25, 0.3) is 0 Å². The highest BCUT2D eigenvalue weighted by molar-refractivity contribution is 7.80. The van der Waals surface area contributed by atoms with Crippen molar-refractivity contribution in [1.82, 2.24) is 15.5 Å². The van der Waals surface area contributed by atoms with Crippen LogP contribution in [-0.4, -0.2) is 52.3 Å². The molecule has 0 radical (unpaired) electrons. The number of nitrogens with zero attached hydrogens (tertiary/aromatic N) is 1. The minimum atomic E-state index is -0.966. The van der Waals surface area contributed by atoms with Crippen molar-refractivity contribution in [3.8, 4) is 0 Å². The van der Waals surface area contributed by atoms with Gasteiger partial charge in [0, 0.05) is 17.8 Å². The number of carbonyl (C=O) groups is 3. The molecule has 8 heteroatoms. The highest BCUT2D eigenvalue weighted by Crippen LogP contribution is 2.26. The lowest BCUT2D eigenvalue weighted by Crippen LogP contribution is -2.56. The van der Waals surface area contributed by atoms with Crippen molar-refractivity contribution >= 4 is 36.6 Å². The molecule has 1 aromatic rings. The summed E-state index contributed by atoms with van der Waals surface area (Å²) in [6.07, 6.45) is 2.72. The van der Waals surface area contributed by atoms with Gasteiger partial charge in [-0.25, -0.2) is 4.79 Å². The van der Waals surface area contributed by atoms with Gasteiger partial charge in [-0.2, -0.15) is 12.6 Å². The molecule has 1 aromatic carbocycles. The van der Waals surface area contributed by atoms with Crippen LogP contribution in [0.1, 0.15) is 78.5 Å². The first-order valence-corrected chi connectivity index (χ1v) is 12.4. The van der Waals surface area contributed by atoms with E-state index in [9.17, 15) is 14.4 Å². The SMILES string of the molecule is C=Cc1cccc(C(C(=O)NC(C)CCC)N(C(=O)C(CS)NC(=O)OC(C)(C)C)C(C)C)c1. The summed E-state index contributed by atoms with van der Waals surface area (Å²) in [7, 11) is 0. The van der Waals surface area contributed by atoms with Crippen LogP contribution in [0.4, 0.5) is 4.79 Å². The Bertz CT molecular complexity index is 851. The molecule has 0 bridgehead atoms. The Morgan fingerprint density at radius 1 is 1.18 bits per heavy atom. The quantitative estimate of drug-likeness (QED) is 0.390. The molecular weight excluding hydrogens is 450 g/mol. The van der Waals surface area contributed by atoms with Crippen LogP contribution >= 0.6 is 12.6 Å². The molecule has 2 N–H and O–H groups in total. The number of nitrogens with one attached hydrogen (secondary N) is 2. The zero-order valence-corrected chi connectivity index (χ0v) is 22.4. The van der Waals surface area contributed by atoms with Gasteiger partial charge in [0.05, 0.1) is 0 Å². The van der Waals surface area contributed by atoms with Crippen molar-refractivity contribution in [2.24, 2.45) is 0 Å². The number of benzene rings is 1. The molecule has 3 unspecified atom stereocenters. The molecule has 0 heterocycles. The summed E-state index contributed by atoms with van der Waals surface area (Å²) in [4.78, 5) is 41.1. The molecule has 0 aliphatic rings. The maximum absolute atomic E-state index is 13.7. The van der Waals surface area contributed by atoms with E-state index >= 15 is 0 Å². The smallest absolute Gasteiger partial charge is 0.408 e. The largest absolute Gasteiger partial charge is 0.444 e. The topological polar surface area (TPSA) is 87.7 Å². The Kier molecular flexibility index (Phi) is 11.7. The first kappa shape index (κ1) is 29.6. The maximum atomic E-state index is 13.7. The second-order valence-electron chi connectivity index (χ2n) is 9.70. The van der Waals surface area contributed by atoms with Crippen molar-refractivity contribution in [2.45, 2.75) is 91.1 Å². The minimum Gasteiger partial charge on any atom is -0.444 e. The molecule has 0 fully saturated rings. The van der Waals surface area contributed by atoms with E-state index in [1.165, 1.54) is 4.90 Å². The lowest BCUT2D eigenvalue weighted by molar-refractivity contribution is -0.144. The zero-order valence-electron chi connectivity index (χ0n) is 21.6. The summed E-state index contributed by atoms with van der Waals surface area (Å²) in [5.41, 5.74) is 0.788. The van der Waals surface area contributed by atoms with Crippen LogP contribution in [-0.2, 0) is 14.3 Å². The molecule has 1 rings (SSSR count). The number of amides is 3. The summed E-state index contributed by atoms with van der Waals surface area (Å²) in [5.74, 6) is -0.642. The molecule has 0 aliphatic carbocycles. The molecule has 0 aromatic heterocycles. The van der Waals surface area contributed by atoms with E-state index in [1.807, 2.05) is 45.0 Å². The van der Waals surface area contributed by atoms with Crippen molar-refractivity contribution in [2.75, 3.05) is 5.75 Å². The fourth-order valence-corrected chi connectivity index (χ4v) is 3.86. The third-order valence-electron chi connectivity index (χ3n) is 5.08. The van der Waals surface area contributed by atoms with Gasteiger partial charge in [-0.15, -0.1) is 0 Å². The van der Waals surface area contributed by atoms with Gasteiger partial charge in [-0.1, -0.05) is 44.2 Å². The highest BCUT2D eigenvalue weighted by Gasteiger charge is 2.37. The van der Waals surface area contributed by atoms with Crippen LogP contribution in [0.2, 0.25) is 0 Å². The zero-order chi connectivity index (χ0) is 26.1. The number of ether oxygens (including phenoxy) is 1. The Labute approximate surface area is 210 Å². The van der Waals surface area contributed by atoms with E-state index in [4.69, 9.17) is 4.74 Å². The summed E-state index contributed by atoms with van der Waals surface area (Å²) in [5, 5.41) is 5.66. The Balaban J connectivity index is 3.41. The lowest BCUT2D eigenvalue weighted by atomic mass is 9.98. The van der Waals surface area contributed by atoms with E-state index in [2.05, 4.69) is 36.8 Å². The summed E-state index contributed by atoms with van der Waals surface area (Å²) in [6, 6.07) is 5.14. The van der Waals surface area contributed by atoms with Gasteiger partial charge < -0.3 is 20.3 Å². The van der Waals surface area contributed by atoms with E-state index in [0.717, 1.165) is 18.4 Å². The number of alkyl carbamates (subject to hydrolysis) is 1. The van der Waals surface area contributed by atoms with Crippen LogP contribution in [0, 0.1) is 0 Å². The number of carbonyl (C=O) groups excluding carboxylic acids is 3. The maximum Gasteiger partial charge on any atom is 0.408 e. The van der Waals surface area contributed by atoms with Crippen molar-refractivity contribution in [3.63, 3.8) is 0 Å². The standard InChI is InChI=1S/C26H41N3O4S/c1-9-12-18(5)27-23(30)22(20-14-11-13-19(10-2)15-20)29(17(3)4)24(31)21(16-34)28-25(32)33-26(6,7)8/h10-11,13-15,17-18,21-22,34H,2,9,12,16H2,1,3-8H3,(H,27,30)(H,28,32). The first-order valence-electron chi connectivity index (χ1n) is 11.8. The normalized spacial score (nSPS) is 14.0. The highest BCUT2D eigenvalue weighted by atomic mass is 32.1. The van der Waals surface area contributed by atoms with E-state index < -0.39 is 29.7 Å². The minimum absolute atomic E-state index is 0.0488. The Morgan fingerprint density at radius 3 is 2.32 bits per heavy atom. The summed E-state index contributed by atoms with van der Waals surface area (Å²) >= 11 is 4.29. The van der Waals surface area contributed by atoms with Crippen LogP contribution in [0.5, 0.6) is 0 Å². The molecule has 7 nitrogen and oxygen atoms in total. The third kappa shape index (κ3) is 9.05. The Morgan fingerprint density at radius 2 is 1.82 bits per heavy atom. The van der Waals surface area contributed by atoms with Gasteiger partial charge in [0.1, 0.15) is 17.7 Å². The van der Waals surface area contributed by atoms with Crippen LogP contribution in [0.15, 0.2) is 30.8 Å². The predicted molar refractivity (Wildman–Crippen MR) is 141 cm³/mol. The van der Waals surface area contributed by atoms with Gasteiger partial charge in [-0.05, 0) is 65.2 Å². The number of hydrogen-bond donors (Lipinski definition) is 3. The molecule has 3 atom stereocenters. The van der Waals surface area contributed by atoms with Crippen molar-refractivity contribution < 1.29 is 19.1 Å². The molecule has 0 aliphatic heterocycles. The molecule has 0 spiro atoms. The fourth-order valence-electron chi connectivity index (χ4n) is 3.62. The monoisotopic (exact) mass is 491 g/mol. The molecule has 0 saturated heterocycles. The van der Waals surface area contributed by atoms with Gasteiger partial charge >= 0.3 is 6.09 Å². The van der Waals surface area contributed by atoms with Gasteiger partial charge in [0.2, 0.25) is 11.8 Å². The molecule has 190 valence electrons. The van der Waals surface area contributed by atoms with Crippen molar-refractivity contribution in [3.05, 3.63) is 42.0 Å². The van der Waals surface area contributed by atoms with Crippen molar-refractivity contribution in [1.29, 1.82) is 0 Å². The number of thiol groups is 1. The fraction of sp³-hybridized carbons (Fsp3) is 0.577. The van der Waals surface area contributed by atoms with Crippen LogP contribution < -0.4 is 10.6 Å². The average Bonchev–Trinajstić information content (AvgIpc) is 2.73.